The van der Waals surface area contributed by atoms with Gasteiger partial charge in [-0.15, -0.1) is 18.3 Å². The molecule has 2 heterocycles. The number of ether oxygens (including phenoxy) is 1. The molecule has 25 heavy (non-hydrogen) atoms. The lowest BCUT2D eigenvalue weighted by molar-refractivity contribution is -0.274. The molecule has 1 aliphatic rings. The van der Waals surface area contributed by atoms with Gasteiger partial charge in [-0.3, -0.25) is 0 Å². The lowest BCUT2D eigenvalue weighted by Gasteiger charge is -2.25. The molecule has 136 valence electrons. The van der Waals surface area contributed by atoms with Crippen molar-refractivity contribution >= 4 is 11.8 Å². The predicted octanol–water partition coefficient (Wildman–Crippen LogP) is 3.14. The molecule has 0 spiro atoms. The number of likely N-dealkylation sites (tertiary alicyclic amines) is 1. The van der Waals surface area contributed by atoms with Crippen LogP contribution >= 0.6 is 11.8 Å². The molecular weight excluding hydrogens is 355 g/mol. The number of aromatic nitrogens is 4. The molecule has 0 aliphatic carbocycles. The van der Waals surface area contributed by atoms with E-state index in [1.807, 2.05) is 0 Å². The molecule has 0 bridgehead atoms. The smallest absolute Gasteiger partial charge is 0.406 e. The fourth-order valence-electron chi connectivity index (χ4n) is 2.67. The molecule has 3 rings (SSSR count). The largest absolute Gasteiger partial charge is 0.573 e. The van der Waals surface area contributed by atoms with E-state index in [9.17, 15) is 13.2 Å². The first-order valence-corrected chi connectivity index (χ1v) is 8.99. The van der Waals surface area contributed by atoms with Crippen LogP contribution in [0.2, 0.25) is 0 Å². The molecule has 0 amide bonds. The van der Waals surface area contributed by atoms with Gasteiger partial charge in [-0.25, -0.2) is 0 Å². The van der Waals surface area contributed by atoms with Gasteiger partial charge in [0.1, 0.15) is 5.75 Å². The van der Waals surface area contributed by atoms with Crippen molar-refractivity contribution in [3.8, 4) is 11.4 Å². The molecule has 0 N–H and O–H groups in total. The first kappa shape index (κ1) is 18.0. The number of thioether (sulfide) groups is 1. The molecular formula is C15H18F3N5OS. The van der Waals surface area contributed by atoms with Gasteiger partial charge in [0.2, 0.25) is 5.16 Å². The van der Waals surface area contributed by atoms with Gasteiger partial charge < -0.3 is 9.64 Å². The van der Waals surface area contributed by atoms with Crippen molar-refractivity contribution in [3.05, 3.63) is 24.3 Å². The van der Waals surface area contributed by atoms with E-state index < -0.39 is 6.36 Å². The Morgan fingerprint density at radius 2 is 1.80 bits per heavy atom. The average molecular weight is 373 g/mol. The minimum atomic E-state index is -4.70. The number of piperidine rings is 1. The lowest BCUT2D eigenvalue weighted by Crippen LogP contribution is -2.31. The Labute approximate surface area is 147 Å². The van der Waals surface area contributed by atoms with Gasteiger partial charge in [-0.2, -0.15) is 4.68 Å². The van der Waals surface area contributed by atoms with Crippen molar-refractivity contribution < 1.29 is 17.9 Å². The second-order valence-corrected chi connectivity index (χ2v) is 6.73. The maximum atomic E-state index is 12.2. The van der Waals surface area contributed by atoms with E-state index in [1.165, 1.54) is 60.0 Å². The van der Waals surface area contributed by atoms with E-state index in [0.717, 1.165) is 25.4 Å². The summed E-state index contributed by atoms with van der Waals surface area (Å²) in [6.45, 7) is 3.23. The Kier molecular flexibility index (Phi) is 5.79. The average Bonchev–Trinajstić information content (AvgIpc) is 3.04. The third-order valence-electron chi connectivity index (χ3n) is 3.84. The minimum Gasteiger partial charge on any atom is -0.406 e. The zero-order valence-electron chi connectivity index (χ0n) is 13.4. The van der Waals surface area contributed by atoms with Crippen molar-refractivity contribution in [2.24, 2.45) is 0 Å². The van der Waals surface area contributed by atoms with Crippen LogP contribution in [0.15, 0.2) is 29.4 Å². The number of hydrogen-bond acceptors (Lipinski definition) is 6. The highest BCUT2D eigenvalue weighted by molar-refractivity contribution is 7.99. The summed E-state index contributed by atoms with van der Waals surface area (Å²) in [5.74, 6) is 0.582. The number of hydrogen-bond donors (Lipinski definition) is 0. The normalized spacial score (nSPS) is 16.1. The fourth-order valence-corrected chi connectivity index (χ4v) is 3.56. The van der Waals surface area contributed by atoms with Crippen LogP contribution in [0.25, 0.3) is 5.69 Å². The van der Waals surface area contributed by atoms with Crippen molar-refractivity contribution in [1.29, 1.82) is 0 Å². The summed E-state index contributed by atoms with van der Waals surface area (Å²) in [5.41, 5.74) is 0.583. The number of halogens is 3. The van der Waals surface area contributed by atoms with E-state index in [0.29, 0.717) is 10.8 Å². The van der Waals surface area contributed by atoms with Crippen molar-refractivity contribution in [1.82, 2.24) is 25.1 Å². The van der Waals surface area contributed by atoms with Crippen molar-refractivity contribution in [2.45, 2.75) is 30.8 Å². The van der Waals surface area contributed by atoms with Crippen LogP contribution in [0.5, 0.6) is 5.75 Å². The molecule has 0 unspecified atom stereocenters. The topological polar surface area (TPSA) is 56.1 Å². The van der Waals surface area contributed by atoms with E-state index in [-0.39, 0.29) is 5.75 Å². The van der Waals surface area contributed by atoms with E-state index in [4.69, 9.17) is 0 Å². The molecule has 1 aromatic heterocycles. The molecule has 0 atom stereocenters. The number of nitrogens with zero attached hydrogens (tertiary/aromatic N) is 5. The summed E-state index contributed by atoms with van der Waals surface area (Å²) in [6, 6.07) is 5.47. The third-order valence-corrected chi connectivity index (χ3v) is 4.74. The monoisotopic (exact) mass is 373 g/mol. The van der Waals surface area contributed by atoms with Crippen LogP contribution in [-0.2, 0) is 0 Å². The van der Waals surface area contributed by atoms with Gasteiger partial charge in [0.15, 0.2) is 0 Å². The zero-order chi connectivity index (χ0) is 17.7. The highest BCUT2D eigenvalue weighted by Crippen LogP contribution is 2.25. The summed E-state index contributed by atoms with van der Waals surface area (Å²) >= 11 is 1.53. The molecule has 0 saturated carbocycles. The van der Waals surface area contributed by atoms with Crippen LogP contribution in [0.4, 0.5) is 13.2 Å². The Bertz CT molecular complexity index is 671. The van der Waals surface area contributed by atoms with Crippen molar-refractivity contribution in [3.63, 3.8) is 0 Å². The highest BCUT2D eigenvalue weighted by Gasteiger charge is 2.31. The SMILES string of the molecule is FC(F)(F)Oc1ccc(-n2nnnc2SCCN2CCCCC2)cc1. The Morgan fingerprint density at radius 3 is 2.48 bits per heavy atom. The van der Waals surface area contributed by atoms with Gasteiger partial charge in [0.25, 0.3) is 0 Å². The highest BCUT2D eigenvalue weighted by atomic mass is 32.2. The first-order valence-electron chi connectivity index (χ1n) is 8.01. The maximum Gasteiger partial charge on any atom is 0.573 e. The van der Waals surface area contributed by atoms with E-state index in [1.54, 1.807) is 0 Å². The lowest BCUT2D eigenvalue weighted by atomic mass is 10.1. The number of benzene rings is 1. The summed E-state index contributed by atoms with van der Waals surface area (Å²) in [6.07, 6.45) is -0.911. The van der Waals surface area contributed by atoms with Crippen LogP contribution in [0.3, 0.4) is 0 Å². The third kappa shape index (κ3) is 5.33. The molecule has 1 saturated heterocycles. The zero-order valence-corrected chi connectivity index (χ0v) is 14.3. The number of tetrazole rings is 1. The Hall–Kier alpha value is -1.81. The summed E-state index contributed by atoms with van der Waals surface area (Å²) in [4.78, 5) is 2.42. The minimum absolute atomic E-state index is 0.274. The summed E-state index contributed by atoms with van der Waals surface area (Å²) < 4.78 is 42.0. The molecule has 1 aromatic carbocycles. The molecule has 1 fully saturated rings. The van der Waals surface area contributed by atoms with Gasteiger partial charge in [-0.05, 0) is 60.6 Å². The van der Waals surface area contributed by atoms with Gasteiger partial charge >= 0.3 is 6.36 Å². The second kappa shape index (κ2) is 8.05. The van der Waals surface area contributed by atoms with Crippen LogP contribution < -0.4 is 4.74 Å². The first-order chi connectivity index (χ1) is 12.0. The molecule has 6 nitrogen and oxygen atoms in total. The quantitative estimate of drug-likeness (QED) is 0.725. The maximum absolute atomic E-state index is 12.2. The van der Waals surface area contributed by atoms with Crippen LogP contribution in [0.1, 0.15) is 19.3 Å². The molecule has 2 aromatic rings. The van der Waals surface area contributed by atoms with Gasteiger partial charge in [0, 0.05) is 12.3 Å². The standard InChI is InChI=1S/C15H18F3N5OS/c16-15(17,18)24-13-6-4-12(5-7-13)23-14(19-20-21-23)25-11-10-22-8-2-1-3-9-22/h4-7H,1-3,8-11H2. The molecule has 10 heteroatoms. The fraction of sp³-hybridized carbons (Fsp3) is 0.533. The van der Waals surface area contributed by atoms with Gasteiger partial charge in [-0.1, -0.05) is 18.2 Å². The summed E-state index contributed by atoms with van der Waals surface area (Å²) in [7, 11) is 0. The number of rotatable bonds is 6. The van der Waals surface area contributed by atoms with Crippen molar-refractivity contribution in [2.75, 3.05) is 25.4 Å². The Morgan fingerprint density at radius 1 is 1.08 bits per heavy atom. The number of alkyl halides is 3. The van der Waals surface area contributed by atoms with E-state index in [2.05, 4.69) is 25.2 Å². The molecule has 0 radical (unpaired) electrons. The molecule has 1 aliphatic heterocycles. The second-order valence-electron chi connectivity index (χ2n) is 5.67. The Balaban J connectivity index is 1.59. The van der Waals surface area contributed by atoms with Crippen LogP contribution in [-0.4, -0.2) is 56.9 Å². The predicted molar refractivity (Wildman–Crippen MR) is 86.9 cm³/mol. The van der Waals surface area contributed by atoms with Gasteiger partial charge in [0.05, 0.1) is 5.69 Å². The van der Waals surface area contributed by atoms with E-state index >= 15 is 0 Å². The summed E-state index contributed by atoms with van der Waals surface area (Å²) in [5, 5.41) is 12.2. The van der Waals surface area contributed by atoms with Crippen LogP contribution in [0, 0.1) is 0 Å².